The van der Waals surface area contributed by atoms with Crippen molar-refractivity contribution >= 4 is 17.7 Å². The van der Waals surface area contributed by atoms with E-state index >= 15 is 4.39 Å². The van der Waals surface area contributed by atoms with Gasteiger partial charge in [0.1, 0.15) is 30.1 Å². The van der Waals surface area contributed by atoms with Gasteiger partial charge in [0, 0.05) is 48.3 Å². The highest BCUT2D eigenvalue weighted by Gasteiger charge is 2.71. The summed E-state index contributed by atoms with van der Waals surface area (Å²) in [5, 5.41) is 74.4. The smallest absolute Gasteiger partial charge is 0.311 e. The second kappa shape index (κ2) is 20.6. The van der Waals surface area contributed by atoms with Crippen molar-refractivity contribution in [3.63, 3.8) is 0 Å². The van der Waals surface area contributed by atoms with Gasteiger partial charge in [-0.1, -0.05) is 47.6 Å². The minimum absolute atomic E-state index is 0.0327. The number of carbonyl (C=O) groups excluding carboxylic acids is 3. The number of ether oxygens (including phenoxy) is 3. The van der Waals surface area contributed by atoms with Crippen LogP contribution in [0.4, 0.5) is 4.39 Å². The number of nitrogens with zero attached hydrogens (tertiary/aromatic N) is 2. The summed E-state index contributed by atoms with van der Waals surface area (Å²) in [6.45, 7) is 19.1. The molecule has 7 N–H and O–H groups in total. The Labute approximate surface area is 404 Å². The molecule has 6 aliphatic rings. The van der Waals surface area contributed by atoms with Gasteiger partial charge in [0.25, 0.3) is 5.91 Å². The molecule has 0 aromatic carbocycles. The van der Waals surface area contributed by atoms with Crippen LogP contribution in [-0.2, 0) is 28.6 Å². The summed E-state index contributed by atoms with van der Waals surface area (Å²) in [4.78, 5) is 44.4. The lowest BCUT2D eigenvalue weighted by Gasteiger charge is -2.60. The lowest BCUT2D eigenvalue weighted by atomic mass is 9.46. The molecule has 0 aromatic rings. The van der Waals surface area contributed by atoms with Crippen LogP contribution >= 0.6 is 0 Å². The second-order valence-corrected chi connectivity index (χ2v) is 23.5. The molecule has 0 bridgehead atoms. The molecule has 0 spiro atoms. The fourth-order valence-corrected chi connectivity index (χ4v) is 13.9. The van der Waals surface area contributed by atoms with Gasteiger partial charge in [-0.05, 0) is 141 Å². The number of ketones is 1. The maximum Gasteiger partial charge on any atom is 0.311 e. The summed E-state index contributed by atoms with van der Waals surface area (Å²) in [5.74, 6) is -4.03. The Kier molecular flexibility index (Phi) is 16.7. The fraction of sp³-hybridized carbons (Fsp3) is 0.865. The Hall–Kier alpha value is -2.38. The quantitative estimate of drug-likeness (QED) is 0.129. The predicted octanol–water partition coefficient (Wildman–Crippen LogP) is 3.84. The van der Waals surface area contributed by atoms with Crippen LogP contribution in [0.1, 0.15) is 127 Å². The number of cyclic esters (lactones) is 1. The highest BCUT2D eigenvalue weighted by Crippen LogP contribution is 2.68. The number of rotatable bonds is 9. The topological polar surface area (TPSA) is 219 Å². The van der Waals surface area contributed by atoms with E-state index in [2.05, 4.69) is 5.32 Å². The minimum Gasteiger partial charge on any atom is -0.459 e. The van der Waals surface area contributed by atoms with Crippen LogP contribution in [0.25, 0.3) is 0 Å². The number of halogens is 1. The number of nitrogens with one attached hydrogen (secondary N) is 1. The molecule has 2 heterocycles. The highest BCUT2D eigenvalue weighted by atomic mass is 19.1. The number of alkyl halides is 1. The lowest BCUT2D eigenvalue weighted by molar-refractivity contribution is -0.283. The number of likely N-dealkylation sites (N-methyl/N-ethyl adjacent to an activating group) is 1. The van der Waals surface area contributed by atoms with Crippen molar-refractivity contribution in [2.75, 3.05) is 33.7 Å². The van der Waals surface area contributed by atoms with Gasteiger partial charge in [0.05, 0.1) is 30.3 Å². The zero-order chi connectivity index (χ0) is 50.6. The van der Waals surface area contributed by atoms with Gasteiger partial charge in [-0.2, -0.15) is 0 Å². The van der Waals surface area contributed by atoms with Gasteiger partial charge in [-0.25, -0.2) is 4.39 Å². The molecule has 388 valence electrons. The van der Waals surface area contributed by atoms with Crippen LogP contribution in [0.3, 0.4) is 0 Å². The SMILES string of the molecule is CC[C@H]1OC(=O)[C@H](C)[C@@H](O)C[C@@H](O[C@H]2O[C@@H](C)C[C@H](N(C)C)C2O)C(C)(C)CCCN(CCCNC(=O)[C@@]2(O)[C@H](C)CC3C4C[C@H](F)C5=CC(=O)C=C[C@]5(C)C4C(O)C[C@@]32C)[C@H](C)[C@H](O)[C@@]1(C)O. The maximum absolute atomic E-state index is 16.0. The number of amides is 1. The number of esters is 1. The van der Waals surface area contributed by atoms with Gasteiger partial charge in [0.15, 0.2) is 17.7 Å². The zero-order valence-corrected chi connectivity index (χ0v) is 42.9. The number of hydrogen-bond donors (Lipinski definition) is 7. The number of aliphatic hydroxyl groups is 6. The van der Waals surface area contributed by atoms with E-state index in [0.717, 1.165) is 0 Å². The molecule has 5 unspecified atom stereocenters. The van der Waals surface area contributed by atoms with Gasteiger partial charge in [-0.3, -0.25) is 19.3 Å². The summed E-state index contributed by atoms with van der Waals surface area (Å²) < 4.78 is 34.7. The van der Waals surface area contributed by atoms with Gasteiger partial charge >= 0.3 is 5.97 Å². The molecule has 0 radical (unpaired) electrons. The van der Waals surface area contributed by atoms with Crippen molar-refractivity contribution < 1.29 is 63.6 Å². The Morgan fingerprint density at radius 3 is 2.31 bits per heavy atom. The summed E-state index contributed by atoms with van der Waals surface area (Å²) >= 11 is 0. The zero-order valence-electron chi connectivity index (χ0n) is 42.9. The fourth-order valence-electron chi connectivity index (χ4n) is 13.9. The van der Waals surface area contributed by atoms with Crippen molar-refractivity contribution in [1.29, 1.82) is 0 Å². The first kappa shape index (κ1) is 54.9. The number of carbonyl (C=O) groups is 3. The van der Waals surface area contributed by atoms with E-state index in [-0.39, 0.29) is 67.9 Å². The van der Waals surface area contributed by atoms with Gasteiger partial charge in [0.2, 0.25) is 0 Å². The van der Waals surface area contributed by atoms with Crippen LogP contribution < -0.4 is 5.32 Å². The third kappa shape index (κ3) is 10.0. The highest BCUT2D eigenvalue weighted by molar-refractivity contribution is 6.01. The molecular formula is C52H86FN3O12. The first-order chi connectivity index (χ1) is 31.6. The molecule has 5 fully saturated rings. The average molecular weight is 964 g/mol. The van der Waals surface area contributed by atoms with Crippen LogP contribution in [0.15, 0.2) is 23.8 Å². The molecule has 4 aliphatic carbocycles. The molecule has 2 saturated heterocycles. The maximum atomic E-state index is 16.0. The summed E-state index contributed by atoms with van der Waals surface area (Å²) in [6, 6.07) is -0.886. The third-order valence-electron chi connectivity index (χ3n) is 18.3. The molecule has 1 amide bonds. The summed E-state index contributed by atoms with van der Waals surface area (Å²) in [7, 11) is 3.79. The minimum atomic E-state index is -1.89. The van der Waals surface area contributed by atoms with Crippen molar-refractivity contribution in [2.24, 2.45) is 45.8 Å². The van der Waals surface area contributed by atoms with Gasteiger partial charge < -0.3 is 55.1 Å². The molecular weight excluding hydrogens is 878 g/mol. The molecule has 6 rings (SSSR count). The standard InChI is InChI=1S/C52H86FN3O12/c1-13-40-51(10,64)44(61)31(5)56(20-14-17-48(6,7)41(26-38(58)30(4)45(62)67-40)68-46-43(60)37(55(11)12)23-29(3)66-46)21-15-19-54-47(63)52(65)28(2)22-34-33-25-36(53)35-24-32(57)16-18-49(35,8)42(33)39(59)27-50(34,52)9/h16,18,24,28-31,33-34,36-44,46,58-61,64-65H,13-15,17,19-23,25-27H2,1-12H3,(H,54,63)/t28-,29+,30-,31-,33?,34?,36+,37+,38+,39?,40-,41-,42?,43?,44+,46-,49+,50+,51+,52+/m1/s1. The second-order valence-electron chi connectivity index (χ2n) is 23.5. The van der Waals surface area contributed by atoms with E-state index in [0.29, 0.717) is 50.8 Å². The van der Waals surface area contributed by atoms with Crippen LogP contribution in [0.5, 0.6) is 0 Å². The first-order valence-corrected chi connectivity index (χ1v) is 25.5. The van der Waals surface area contributed by atoms with Gasteiger partial charge in [-0.15, -0.1) is 0 Å². The first-order valence-electron chi connectivity index (χ1n) is 25.5. The van der Waals surface area contributed by atoms with Crippen molar-refractivity contribution in [3.05, 3.63) is 23.8 Å². The largest absolute Gasteiger partial charge is 0.459 e. The number of fused-ring (bicyclic) bond motifs is 5. The molecule has 16 heteroatoms. The van der Waals surface area contributed by atoms with E-state index in [1.807, 2.05) is 65.4 Å². The Morgan fingerprint density at radius 1 is 0.985 bits per heavy atom. The Bertz CT molecular complexity index is 1880. The molecule has 0 aromatic heterocycles. The van der Waals surface area contributed by atoms with E-state index < -0.39 is 106 Å². The van der Waals surface area contributed by atoms with Crippen LogP contribution in [0, 0.1) is 45.8 Å². The summed E-state index contributed by atoms with van der Waals surface area (Å²) in [6.07, 6.45) is -1.26. The molecule has 2 aliphatic heterocycles. The average Bonchev–Trinajstić information content (AvgIpc) is 3.47. The van der Waals surface area contributed by atoms with Crippen molar-refractivity contribution in [2.45, 2.75) is 206 Å². The Balaban J connectivity index is 1.19. The van der Waals surface area contributed by atoms with E-state index in [4.69, 9.17) is 14.2 Å². The molecule has 3 saturated carbocycles. The van der Waals surface area contributed by atoms with Crippen molar-refractivity contribution in [1.82, 2.24) is 15.1 Å². The molecule has 15 nitrogen and oxygen atoms in total. The Morgan fingerprint density at radius 2 is 1.66 bits per heavy atom. The number of aliphatic hydroxyl groups excluding tert-OH is 4. The normalized spacial score (nSPS) is 47.2. The van der Waals surface area contributed by atoms with Crippen LogP contribution in [-0.4, -0.2) is 170 Å². The monoisotopic (exact) mass is 964 g/mol. The summed E-state index contributed by atoms with van der Waals surface area (Å²) in [5.41, 5.74) is -5.91. The molecule has 20 atom stereocenters. The number of hydrogen-bond acceptors (Lipinski definition) is 14. The number of allylic oxidation sites excluding steroid dienone is 4. The lowest BCUT2D eigenvalue weighted by Crippen LogP contribution is -2.65. The van der Waals surface area contributed by atoms with E-state index in [1.165, 1.54) is 19.1 Å². The van der Waals surface area contributed by atoms with E-state index in [1.54, 1.807) is 26.8 Å². The van der Waals surface area contributed by atoms with E-state index in [9.17, 15) is 45.0 Å². The van der Waals surface area contributed by atoms with Crippen LogP contribution in [0.2, 0.25) is 0 Å². The predicted molar refractivity (Wildman–Crippen MR) is 253 cm³/mol. The van der Waals surface area contributed by atoms with Crippen molar-refractivity contribution in [3.8, 4) is 0 Å². The molecule has 68 heavy (non-hydrogen) atoms. The third-order valence-corrected chi connectivity index (χ3v) is 18.3.